The normalized spacial score (nSPS) is 8.80. The highest BCUT2D eigenvalue weighted by atomic mass is 79.9. The highest BCUT2D eigenvalue weighted by Gasteiger charge is 2.01. The third-order valence-electron chi connectivity index (χ3n) is 1.10. The summed E-state index contributed by atoms with van der Waals surface area (Å²) in [5.41, 5.74) is 0.444. The van der Waals surface area contributed by atoms with E-state index in [1.807, 2.05) is 6.07 Å². The molecule has 0 aliphatic carbocycles. The molecule has 0 unspecified atom stereocenters. The molecule has 0 atom stereocenters. The van der Waals surface area contributed by atoms with Crippen molar-refractivity contribution in [3.8, 4) is 11.8 Å². The summed E-state index contributed by atoms with van der Waals surface area (Å²) in [5, 5.41) is 17.5. The lowest BCUT2D eigenvalue weighted by molar-refractivity contribution is 0.471. The van der Waals surface area contributed by atoms with E-state index in [2.05, 4.69) is 15.9 Å². The number of benzene rings is 1. The maximum Gasteiger partial charge on any atom is 0.131 e. The van der Waals surface area contributed by atoms with Gasteiger partial charge in [-0.2, -0.15) is 5.26 Å². The largest absolute Gasteiger partial charge is 0.507 e. The lowest BCUT2D eigenvalue weighted by Gasteiger charge is -1.95. The van der Waals surface area contributed by atoms with E-state index in [4.69, 9.17) is 10.4 Å². The molecule has 0 bridgehead atoms. The van der Waals surface area contributed by atoms with E-state index in [0.29, 0.717) is 10.0 Å². The summed E-state index contributed by atoms with van der Waals surface area (Å²) in [6.07, 6.45) is 0. The van der Waals surface area contributed by atoms with E-state index in [1.54, 1.807) is 12.1 Å². The van der Waals surface area contributed by atoms with E-state index in [9.17, 15) is 0 Å². The fourth-order valence-corrected chi connectivity index (χ4v) is 0.959. The molecule has 1 aromatic rings. The Kier molecular flexibility index (Phi) is 1.93. The summed E-state index contributed by atoms with van der Waals surface area (Å²) in [6, 6.07) is 6.70. The lowest BCUT2D eigenvalue weighted by Crippen LogP contribution is -1.75. The number of hydrogen-bond acceptors (Lipinski definition) is 2. The van der Waals surface area contributed by atoms with Crippen LogP contribution in [0.5, 0.6) is 5.75 Å². The van der Waals surface area contributed by atoms with Gasteiger partial charge < -0.3 is 5.11 Å². The molecule has 1 rings (SSSR count). The number of aromatic hydroxyl groups is 1. The van der Waals surface area contributed by atoms with Crippen LogP contribution in [0.1, 0.15) is 5.56 Å². The highest BCUT2D eigenvalue weighted by Crippen LogP contribution is 2.26. The number of rotatable bonds is 0. The van der Waals surface area contributed by atoms with Crippen molar-refractivity contribution in [3.05, 3.63) is 28.2 Å². The molecule has 0 aliphatic heterocycles. The van der Waals surface area contributed by atoms with Crippen LogP contribution in [0.15, 0.2) is 22.7 Å². The van der Waals surface area contributed by atoms with Gasteiger partial charge in [0.25, 0.3) is 0 Å². The van der Waals surface area contributed by atoms with Crippen molar-refractivity contribution in [1.82, 2.24) is 0 Å². The summed E-state index contributed by atoms with van der Waals surface area (Å²) in [7, 11) is 0. The Bertz CT molecular complexity index is 290. The summed E-state index contributed by atoms with van der Waals surface area (Å²) >= 11 is 3.07. The topological polar surface area (TPSA) is 44.0 Å². The molecule has 2 nitrogen and oxygen atoms in total. The molecular formula is C7H4BrNO. The zero-order valence-electron chi connectivity index (χ0n) is 5.00. The average Bonchev–Trinajstić information content (AvgIpc) is 1.95. The third-order valence-corrected chi connectivity index (χ3v) is 1.93. The van der Waals surface area contributed by atoms with E-state index < -0.39 is 0 Å². The Hall–Kier alpha value is -1.01. The first-order valence-electron chi connectivity index (χ1n) is 2.63. The van der Waals surface area contributed by atoms with Crippen LogP contribution in [0.2, 0.25) is 0 Å². The van der Waals surface area contributed by atoms with Crippen LogP contribution >= 0.6 is 15.9 Å². The molecule has 0 radical (unpaired) electrons. The highest BCUT2D eigenvalue weighted by molar-refractivity contribution is 9.10. The molecule has 0 aromatic heterocycles. The summed E-state index contributed by atoms with van der Waals surface area (Å²) in [5.74, 6) is 0.0963. The fourth-order valence-electron chi connectivity index (χ4n) is 0.606. The third kappa shape index (κ3) is 1.12. The zero-order chi connectivity index (χ0) is 7.56. The molecule has 0 aliphatic rings. The van der Waals surface area contributed by atoms with Crippen molar-refractivity contribution in [3.63, 3.8) is 0 Å². The van der Waals surface area contributed by atoms with Gasteiger partial charge in [0.05, 0.1) is 10.0 Å². The number of hydrogen-bond donors (Lipinski definition) is 1. The van der Waals surface area contributed by atoms with Gasteiger partial charge in [0.2, 0.25) is 0 Å². The lowest BCUT2D eigenvalue weighted by atomic mass is 10.2. The molecule has 0 spiro atoms. The maximum atomic E-state index is 9.03. The van der Waals surface area contributed by atoms with Crippen LogP contribution in [0, 0.1) is 11.3 Å². The van der Waals surface area contributed by atoms with E-state index in [-0.39, 0.29) is 5.75 Å². The van der Waals surface area contributed by atoms with Crippen molar-refractivity contribution < 1.29 is 5.11 Å². The van der Waals surface area contributed by atoms with Crippen LogP contribution in [-0.2, 0) is 0 Å². The molecule has 50 valence electrons. The first-order valence-corrected chi connectivity index (χ1v) is 3.42. The minimum atomic E-state index is 0.0963. The molecule has 0 saturated heterocycles. The second kappa shape index (κ2) is 2.72. The molecule has 1 aromatic carbocycles. The van der Waals surface area contributed by atoms with Crippen LogP contribution in [0.3, 0.4) is 0 Å². The molecule has 10 heavy (non-hydrogen) atoms. The zero-order valence-corrected chi connectivity index (χ0v) is 6.59. The van der Waals surface area contributed by atoms with Gasteiger partial charge in [-0.25, -0.2) is 0 Å². The standard InChI is InChI=1S/C7H4BrNO/c8-7-5(4-9)2-1-3-6(7)10/h1-3,10H. The van der Waals surface area contributed by atoms with Crippen LogP contribution in [0.4, 0.5) is 0 Å². The quantitative estimate of drug-likeness (QED) is 0.692. The summed E-state index contributed by atoms with van der Waals surface area (Å²) < 4.78 is 0.456. The minimum absolute atomic E-state index is 0.0963. The Morgan fingerprint density at radius 2 is 2.20 bits per heavy atom. The van der Waals surface area contributed by atoms with Crippen molar-refractivity contribution in [2.24, 2.45) is 0 Å². The SMILES string of the molecule is N#Cc1cccc(O)c1Br. The summed E-state index contributed by atoms with van der Waals surface area (Å²) in [6.45, 7) is 0. The van der Waals surface area contributed by atoms with Crippen molar-refractivity contribution in [2.75, 3.05) is 0 Å². The molecule has 0 saturated carbocycles. The second-order valence-electron chi connectivity index (χ2n) is 1.75. The Balaban J connectivity index is 3.31. The van der Waals surface area contributed by atoms with Crippen molar-refractivity contribution in [1.29, 1.82) is 5.26 Å². The monoisotopic (exact) mass is 197 g/mol. The number of nitrogens with zero attached hydrogens (tertiary/aromatic N) is 1. The molecule has 0 amide bonds. The fraction of sp³-hybridized carbons (Fsp3) is 0. The van der Waals surface area contributed by atoms with Gasteiger partial charge in [0, 0.05) is 0 Å². The molecule has 0 heterocycles. The smallest absolute Gasteiger partial charge is 0.131 e. The Morgan fingerprint density at radius 3 is 2.70 bits per heavy atom. The van der Waals surface area contributed by atoms with Gasteiger partial charge in [0.15, 0.2) is 0 Å². The van der Waals surface area contributed by atoms with Crippen LogP contribution in [-0.4, -0.2) is 5.11 Å². The van der Waals surface area contributed by atoms with E-state index in [1.165, 1.54) is 6.07 Å². The van der Waals surface area contributed by atoms with Gasteiger partial charge in [-0.15, -0.1) is 0 Å². The Labute approximate surface area is 66.9 Å². The van der Waals surface area contributed by atoms with Gasteiger partial charge >= 0.3 is 0 Å². The first kappa shape index (κ1) is 7.10. The predicted molar refractivity (Wildman–Crippen MR) is 40.5 cm³/mol. The van der Waals surface area contributed by atoms with Gasteiger partial charge in [0.1, 0.15) is 11.8 Å². The van der Waals surface area contributed by atoms with Crippen molar-refractivity contribution >= 4 is 15.9 Å². The maximum absolute atomic E-state index is 9.03. The van der Waals surface area contributed by atoms with Gasteiger partial charge in [-0.3, -0.25) is 0 Å². The molecule has 1 N–H and O–H groups in total. The molecule has 0 fully saturated rings. The van der Waals surface area contributed by atoms with Gasteiger partial charge in [-0.05, 0) is 28.1 Å². The number of nitriles is 1. The van der Waals surface area contributed by atoms with Crippen LogP contribution in [0.25, 0.3) is 0 Å². The first-order chi connectivity index (χ1) is 4.75. The number of phenols is 1. The summed E-state index contributed by atoms with van der Waals surface area (Å²) in [4.78, 5) is 0. The number of phenolic OH excluding ortho intramolecular Hbond substituents is 1. The van der Waals surface area contributed by atoms with Crippen LogP contribution < -0.4 is 0 Å². The Morgan fingerprint density at radius 1 is 1.50 bits per heavy atom. The molecule has 3 heteroatoms. The predicted octanol–water partition coefficient (Wildman–Crippen LogP) is 2.03. The van der Waals surface area contributed by atoms with Gasteiger partial charge in [-0.1, -0.05) is 6.07 Å². The molecular weight excluding hydrogens is 194 g/mol. The minimum Gasteiger partial charge on any atom is -0.507 e. The average molecular weight is 198 g/mol. The van der Waals surface area contributed by atoms with E-state index in [0.717, 1.165) is 0 Å². The second-order valence-corrected chi connectivity index (χ2v) is 2.54. The number of halogens is 1. The van der Waals surface area contributed by atoms with E-state index >= 15 is 0 Å². The van der Waals surface area contributed by atoms with Crippen molar-refractivity contribution in [2.45, 2.75) is 0 Å².